The summed E-state index contributed by atoms with van der Waals surface area (Å²) in [5, 5.41) is 8.87. The van der Waals surface area contributed by atoms with E-state index in [1.54, 1.807) is 13.8 Å². The van der Waals surface area contributed by atoms with Crippen LogP contribution in [0.1, 0.15) is 13.8 Å². The summed E-state index contributed by atoms with van der Waals surface area (Å²) in [5.41, 5.74) is -0.893. The van der Waals surface area contributed by atoms with Crippen LogP contribution in [0, 0.1) is 17.0 Å². The van der Waals surface area contributed by atoms with Gasteiger partial charge in [0.25, 0.3) is 0 Å². The molecule has 0 aliphatic heterocycles. The molecule has 0 amide bonds. The molecule has 88 valence electrons. The van der Waals surface area contributed by atoms with Gasteiger partial charge in [0, 0.05) is 10.6 Å². The Morgan fingerprint density at radius 3 is 2.50 bits per heavy atom. The van der Waals surface area contributed by atoms with Crippen LogP contribution in [0.4, 0.5) is 8.78 Å². The number of rotatable bonds is 4. The molecule has 1 aromatic rings. The van der Waals surface area contributed by atoms with Crippen LogP contribution in [0.15, 0.2) is 23.1 Å². The molecule has 1 rings (SSSR count). The van der Waals surface area contributed by atoms with Crippen LogP contribution in [-0.4, -0.2) is 16.8 Å². The molecule has 2 nitrogen and oxygen atoms in total. The average molecular weight is 246 g/mol. The molecule has 0 fully saturated rings. The van der Waals surface area contributed by atoms with E-state index in [9.17, 15) is 13.6 Å². The van der Waals surface area contributed by atoms with Gasteiger partial charge in [-0.05, 0) is 32.0 Å². The van der Waals surface area contributed by atoms with Crippen molar-refractivity contribution in [3.05, 3.63) is 29.8 Å². The summed E-state index contributed by atoms with van der Waals surface area (Å²) in [6, 6.07) is 3.53. The molecular weight excluding hydrogens is 234 g/mol. The molecule has 0 aliphatic carbocycles. The van der Waals surface area contributed by atoms with E-state index in [4.69, 9.17) is 5.11 Å². The van der Waals surface area contributed by atoms with Crippen molar-refractivity contribution in [2.45, 2.75) is 18.7 Å². The summed E-state index contributed by atoms with van der Waals surface area (Å²) in [4.78, 5) is 11.3. The number of hydrogen-bond donors (Lipinski definition) is 1. The van der Waals surface area contributed by atoms with E-state index in [-0.39, 0.29) is 0 Å². The SMILES string of the molecule is CC(C)(CSc1ccc(F)c(F)c1)C(=O)O. The second-order valence-corrected chi connectivity index (χ2v) is 5.10. The van der Waals surface area contributed by atoms with Gasteiger partial charge in [-0.1, -0.05) is 0 Å². The second-order valence-electron chi connectivity index (χ2n) is 4.05. The average Bonchev–Trinajstić information content (AvgIpc) is 2.20. The van der Waals surface area contributed by atoms with E-state index in [1.165, 1.54) is 17.8 Å². The summed E-state index contributed by atoms with van der Waals surface area (Å²) in [6.07, 6.45) is 0. The maximum absolute atomic E-state index is 12.9. The Labute approximate surface area is 96.7 Å². The molecule has 0 aromatic heterocycles. The molecule has 0 saturated heterocycles. The fourth-order valence-corrected chi connectivity index (χ4v) is 1.89. The first-order valence-electron chi connectivity index (χ1n) is 4.64. The second kappa shape index (κ2) is 4.82. The van der Waals surface area contributed by atoms with Gasteiger partial charge < -0.3 is 5.11 Å². The van der Waals surface area contributed by atoms with Crippen LogP contribution in [0.3, 0.4) is 0 Å². The van der Waals surface area contributed by atoms with E-state index in [1.807, 2.05) is 0 Å². The van der Waals surface area contributed by atoms with Gasteiger partial charge in [0.15, 0.2) is 11.6 Å². The van der Waals surface area contributed by atoms with Crippen LogP contribution in [0.5, 0.6) is 0 Å². The van der Waals surface area contributed by atoms with Gasteiger partial charge in [-0.2, -0.15) is 0 Å². The Balaban J connectivity index is 2.68. The summed E-state index contributed by atoms with van der Waals surface area (Å²) in [6.45, 7) is 3.17. The Morgan fingerprint density at radius 1 is 1.38 bits per heavy atom. The molecule has 16 heavy (non-hydrogen) atoms. The summed E-state index contributed by atoms with van der Waals surface area (Å²) >= 11 is 1.19. The highest BCUT2D eigenvalue weighted by Gasteiger charge is 2.27. The zero-order valence-corrected chi connectivity index (χ0v) is 9.78. The minimum atomic E-state index is -0.918. The Morgan fingerprint density at radius 2 is 2.00 bits per heavy atom. The van der Waals surface area contributed by atoms with Crippen molar-refractivity contribution in [2.75, 3.05) is 5.75 Å². The van der Waals surface area contributed by atoms with Crippen molar-refractivity contribution in [3.8, 4) is 0 Å². The molecule has 0 unspecified atom stereocenters. The lowest BCUT2D eigenvalue weighted by Crippen LogP contribution is -2.26. The van der Waals surface area contributed by atoms with Gasteiger partial charge in [-0.15, -0.1) is 11.8 Å². The summed E-state index contributed by atoms with van der Waals surface area (Å²) in [7, 11) is 0. The fraction of sp³-hybridized carbons (Fsp3) is 0.364. The van der Waals surface area contributed by atoms with Gasteiger partial charge >= 0.3 is 5.97 Å². The van der Waals surface area contributed by atoms with Crippen molar-refractivity contribution in [1.82, 2.24) is 0 Å². The van der Waals surface area contributed by atoms with Gasteiger partial charge in [0.1, 0.15) is 0 Å². The monoisotopic (exact) mass is 246 g/mol. The highest BCUT2D eigenvalue weighted by molar-refractivity contribution is 7.99. The number of hydrogen-bond acceptors (Lipinski definition) is 2. The number of carbonyl (C=O) groups is 1. The lowest BCUT2D eigenvalue weighted by Gasteiger charge is -2.18. The van der Waals surface area contributed by atoms with Crippen LogP contribution < -0.4 is 0 Å². The van der Waals surface area contributed by atoms with Gasteiger partial charge in [0.2, 0.25) is 0 Å². The first-order valence-corrected chi connectivity index (χ1v) is 5.63. The quantitative estimate of drug-likeness (QED) is 0.829. The van der Waals surface area contributed by atoms with Crippen molar-refractivity contribution in [3.63, 3.8) is 0 Å². The molecule has 5 heteroatoms. The lowest BCUT2D eigenvalue weighted by molar-refractivity contribution is -0.145. The molecule has 0 heterocycles. The molecule has 0 aliphatic rings. The molecule has 0 saturated carbocycles. The van der Waals surface area contributed by atoms with Crippen LogP contribution in [0.2, 0.25) is 0 Å². The number of carboxylic acid groups (broad SMARTS) is 1. The zero-order chi connectivity index (χ0) is 12.3. The number of thioether (sulfide) groups is 1. The molecule has 1 N–H and O–H groups in total. The van der Waals surface area contributed by atoms with Gasteiger partial charge in [0.05, 0.1) is 5.41 Å². The van der Waals surface area contributed by atoms with E-state index in [0.29, 0.717) is 10.6 Å². The third-order valence-electron chi connectivity index (χ3n) is 2.07. The number of aliphatic carboxylic acids is 1. The number of carboxylic acids is 1. The predicted molar refractivity (Wildman–Crippen MR) is 58.5 cm³/mol. The number of halogens is 2. The Bertz CT molecular complexity index is 405. The zero-order valence-electron chi connectivity index (χ0n) is 8.96. The fourth-order valence-electron chi connectivity index (χ4n) is 0.892. The molecule has 0 spiro atoms. The van der Waals surface area contributed by atoms with Crippen molar-refractivity contribution < 1.29 is 18.7 Å². The maximum atomic E-state index is 12.9. The van der Waals surface area contributed by atoms with E-state index in [2.05, 4.69) is 0 Å². The number of benzene rings is 1. The Hall–Kier alpha value is -1.10. The normalized spacial score (nSPS) is 11.5. The minimum Gasteiger partial charge on any atom is -0.481 e. The topological polar surface area (TPSA) is 37.3 Å². The molecule has 0 radical (unpaired) electrons. The smallest absolute Gasteiger partial charge is 0.309 e. The first-order chi connectivity index (χ1) is 7.33. The molecule has 0 atom stereocenters. The minimum absolute atomic E-state index is 0.299. The van der Waals surface area contributed by atoms with Crippen molar-refractivity contribution in [2.24, 2.45) is 5.41 Å². The molecule has 1 aromatic carbocycles. The van der Waals surface area contributed by atoms with Gasteiger partial charge in [-0.25, -0.2) is 8.78 Å². The summed E-state index contributed by atoms with van der Waals surface area (Å²) < 4.78 is 25.5. The maximum Gasteiger partial charge on any atom is 0.309 e. The van der Waals surface area contributed by atoms with E-state index < -0.39 is 23.0 Å². The van der Waals surface area contributed by atoms with Crippen LogP contribution >= 0.6 is 11.8 Å². The predicted octanol–water partition coefficient (Wildman–Crippen LogP) is 3.17. The first kappa shape index (κ1) is 13.0. The van der Waals surface area contributed by atoms with Crippen LogP contribution in [-0.2, 0) is 4.79 Å². The molecule has 0 bridgehead atoms. The Kier molecular flexibility index (Phi) is 3.91. The van der Waals surface area contributed by atoms with Crippen LogP contribution in [0.25, 0.3) is 0 Å². The van der Waals surface area contributed by atoms with E-state index >= 15 is 0 Å². The van der Waals surface area contributed by atoms with Gasteiger partial charge in [-0.3, -0.25) is 4.79 Å². The highest BCUT2D eigenvalue weighted by atomic mass is 32.2. The van der Waals surface area contributed by atoms with Crippen molar-refractivity contribution >= 4 is 17.7 Å². The standard InChI is InChI=1S/C11H12F2O2S/c1-11(2,10(14)15)6-16-7-3-4-8(12)9(13)5-7/h3-5H,6H2,1-2H3,(H,14,15). The van der Waals surface area contributed by atoms with Crippen molar-refractivity contribution in [1.29, 1.82) is 0 Å². The lowest BCUT2D eigenvalue weighted by atomic mass is 9.97. The van der Waals surface area contributed by atoms with E-state index in [0.717, 1.165) is 12.1 Å². The molecular formula is C11H12F2O2S. The largest absolute Gasteiger partial charge is 0.481 e. The summed E-state index contributed by atoms with van der Waals surface area (Å²) in [5.74, 6) is -2.43. The third-order valence-corrected chi connectivity index (χ3v) is 3.52. The highest BCUT2D eigenvalue weighted by Crippen LogP contribution is 2.28. The third kappa shape index (κ3) is 3.20.